The lowest BCUT2D eigenvalue weighted by atomic mass is 10.2. The minimum absolute atomic E-state index is 0.00534. The second-order valence-electron chi connectivity index (χ2n) is 4.21. The van der Waals surface area contributed by atoms with Crippen molar-refractivity contribution in [2.45, 2.75) is 25.5 Å². The Morgan fingerprint density at radius 2 is 2.28 bits per heavy atom. The summed E-state index contributed by atoms with van der Waals surface area (Å²) in [7, 11) is 0. The van der Waals surface area contributed by atoms with E-state index in [1.165, 1.54) is 0 Å². The fourth-order valence-electron chi connectivity index (χ4n) is 1.45. The average molecular weight is 287 g/mol. The molecule has 0 aliphatic rings. The highest BCUT2D eigenvalue weighted by Gasteiger charge is 2.08. The molecule has 1 aromatic carbocycles. The summed E-state index contributed by atoms with van der Waals surface area (Å²) in [6, 6.07) is 5.47. The fourth-order valence-corrected chi connectivity index (χ4v) is 2.43. The smallest absolute Gasteiger partial charge is 0.234 e. The number of halogens is 1. The summed E-state index contributed by atoms with van der Waals surface area (Å²) in [5.41, 5.74) is 7.25. The normalized spacial score (nSPS) is 12.2. The first-order valence-corrected chi connectivity index (χ1v) is 7.33. The summed E-state index contributed by atoms with van der Waals surface area (Å²) in [6.07, 6.45) is 0.925. The molecule has 0 saturated heterocycles. The summed E-state index contributed by atoms with van der Waals surface area (Å²) in [4.78, 5) is 11.8. The van der Waals surface area contributed by atoms with E-state index in [0.717, 1.165) is 17.7 Å². The molecule has 3 N–H and O–H groups in total. The molecule has 1 aromatic rings. The molecule has 1 amide bonds. The molecule has 100 valence electrons. The van der Waals surface area contributed by atoms with Gasteiger partial charge in [0.05, 0.1) is 5.75 Å². The van der Waals surface area contributed by atoms with Crippen molar-refractivity contribution in [2.24, 2.45) is 5.73 Å². The largest absolute Gasteiger partial charge is 0.330 e. The maximum absolute atomic E-state index is 11.8. The van der Waals surface area contributed by atoms with Crippen molar-refractivity contribution >= 4 is 35.0 Å². The molecular formula is C13H19ClN2OS. The van der Waals surface area contributed by atoms with Crippen LogP contribution in [0.3, 0.4) is 0 Å². The molecule has 0 aliphatic heterocycles. The van der Waals surface area contributed by atoms with Gasteiger partial charge in [-0.25, -0.2) is 0 Å². The van der Waals surface area contributed by atoms with Crippen LogP contribution in [0.2, 0.25) is 5.02 Å². The molecular weight excluding hydrogens is 268 g/mol. The SMILES string of the molecule is Cc1ccc(Cl)cc1NC(=O)CSC(C)CCN. The van der Waals surface area contributed by atoms with E-state index in [1.54, 1.807) is 17.8 Å². The number of hydrogen-bond acceptors (Lipinski definition) is 3. The predicted octanol–water partition coefficient (Wildman–Crippen LogP) is 3.06. The third kappa shape index (κ3) is 5.29. The molecule has 0 radical (unpaired) electrons. The van der Waals surface area contributed by atoms with Gasteiger partial charge in [-0.2, -0.15) is 0 Å². The number of aryl methyl sites for hydroxylation is 1. The number of hydrogen-bond donors (Lipinski definition) is 2. The predicted molar refractivity (Wildman–Crippen MR) is 80.4 cm³/mol. The molecule has 0 fully saturated rings. The average Bonchev–Trinajstić information content (AvgIpc) is 2.32. The van der Waals surface area contributed by atoms with E-state index in [2.05, 4.69) is 12.2 Å². The van der Waals surface area contributed by atoms with Crippen LogP contribution in [0, 0.1) is 6.92 Å². The van der Waals surface area contributed by atoms with Gasteiger partial charge in [0.25, 0.3) is 0 Å². The van der Waals surface area contributed by atoms with Gasteiger partial charge in [-0.3, -0.25) is 4.79 Å². The highest BCUT2D eigenvalue weighted by molar-refractivity contribution is 8.00. The minimum atomic E-state index is -0.00534. The van der Waals surface area contributed by atoms with E-state index in [9.17, 15) is 4.79 Å². The minimum Gasteiger partial charge on any atom is -0.330 e. The van der Waals surface area contributed by atoms with E-state index in [0.29, 0.717) is 22.6 Å². The maximum atomic E-state index is 11.8. The van der Waals surface area contributed by atoms with Crippen molar-refractivity contribution in [3.8, 4) is 0 Å². The molecule has 1 unspecified atom stereocenters. The van der Waals surface area contributed by atoms with E-state index in [1.807, 2.05) is 19.1 Å². The Balaban J connectivity index is 2.47. The second kappa shape index (κ2) is 7.67. The summed E-state index contributed by atoms with van der Waals surface area (Å²) >= 11 is 7.51. The lowest BCUT2D eigenvalue weighted by molar-refractivity contribution is -0.113. The first-order chi connectivity index (χ1) is 8.52. The number of carbonyl (C=O) groups is 1. The molecule has 18 heavy (non-hydrogen) atoms. The number of carbonyl (C=O) groups excluding carboxylic acids is 1. The van der Waals surface area contributed by atoms with E-state index < -0.39 is 0 Å². The molecule has 3 nitrogen and oxygen atoms in total. The lowest BCUT2D eigenvalue weighted by Crippen LogP contribution is -2.17. The zero-order valence-electron chi connectivity index (χ0n) is 10.7. The van der Waals surface area contributed by atoms with Crippen molar-refractivity contribution in [1.29, 1.82) is 0 Å². The molecule has 0 aromatic heterocycles. The molecule has 1 rings (SSSR count). The van der Waals surface area contributed by atoms with E-state index in [4.69, 9.17) is 17.3 Å². The Hall–Kier alpha value is -0.710. The van der Waals surface area contributed by atoms with Gasteiger partial charge >= 0.3 is 0 Å². The van der Waals surface area contributed by atoms with Gasteiger partial charge in [-0.05, 0) is 37.6 Å². The third-order valence-corrected chi connectivity index (χ3v) is 4.01. The van der Waals surface area contributed by atoms with Gasteiger partial charge in [0.1, 0.15) is 0 Å². The van der Waals surface area contributed by atoms with E-state index >= 15 is 0 Å². The Labute approximate surface area is 117 Å². The van der Waals surface area contributed by atoms with Crippen molar-refractivity contribution in [3.05, 3.63) is 28.8 Å². The molecule has 0 saturated carbocycles. The van der Waals surface area contributed by atoms with Crippen LogP contribution in [-0.4, -0.2) is 23.5 Å². The first kappa shape index (κ1) is 15.3. The second-order valence-corrected chi connectivity index (χ2v) is 6.07. The van der Waals surface area contributed by atoms with Gasteiger partial charge in [0.2, 0.25) is 5.91 Å². The van der Waals surface area contributed by atoms with Crippen molar-refractivity contribution < 1.29 is 4.79 Å². The van der Waals surface area contributed by atoms with Crippen LogP contribution in [0.25, 0.3) is 0 Å². The van der Waals surface area contributed by atoms with Crippen molar-refractivity contribution in [3.63, 3.8) is 0 Å². The number of amides is 1. The Morgan fingerprint density at radius 1 is 1.56 bits per heavy atom. The van der Waals surface area contributed by atoms with Gasteiger partial charge in [0.15, 0.2) is 0 Å². The summed E-state index contributed by atoms with van der Waals surface area (Å²) in [5, 5.41) is 3.90. The Morgan fingerprint density at radius 3 is 2.94 bits per heavy atom. The number of nitrogens with one attached hydrogen (secondary N) is 1. The first-order valence-electron chi connectivity index (χ1n) is 5.90. The van der Waals surface area contributed by atoms with Gasteiger partial charge < -0.3 is 11.1 Å². The van der Waals surface area contributed by atoms with Crippen LogP contribution in [-0.2, 0) is 4.79 Å². The zero-order chi connectivity index (χ0) is 13.5. The number of benzene rings is 1. The van der Waals surface area contributed by atoms with Crippen molar-refractivity contribution in [2.75, 3.05) is 17.6 Å². The number of rotatable bonds is 6. The molecule has 5 heteroatoms. The summed E-state index contributed by atoms with van der Waals surface area (Å²) < 4.78 is 0. The zero-order valence-corrected chi connectivity index (χ0v) is 12.3. The third-order valence-electron chi connectivity index (χ3n) is 2.55. The topological polar surface area (TPSA) is 55.1 Å². The monoisotopic (exact) mass is 286 g/mol. The molecule has 0 aliphatic carbocycles. The molecule has 1 atom stereocenters. The van der Waals surface area contributed by atoms with Crippen LogP contribution < -0.4 is 11.1 Å². The van der Waals surface area contributed by atoms with Gasteiger partial charge in [-0.1, -0.05) is 24.6 Å². The quantitative estimate of drug-likeness (QED) is 0.845. The van der Waals surface area contributed by atoms with E-state index in [-0.39, 0.29) is 5.91 Å². The van der Waals surface area contributed by atoms with Crippen LogP contribution in [0.5, 0.6) is 0 Å². The Bertz CT molecular complexity index is 412. The van der Waals surface area contributed by atoms with Gasteiger partial charge in [-0.15, -0.1) is 11.8 Å². The lowest BCUT2D eigenvalue weighted by Gasteiger charge is -2.11. The van der Waals surface area contributed by atoms with Crippen molar-refractivity contribution in [1.82, 2.24) is 0 Å². The Kier molecular flexibility index (Phi) is 6.54. The number of nitrogens with two attached hydrogens (primary N) is 1. The number of anilines is 1. The standard InChI is InChI=1S/C13H19ClN2OS/c1-9-3-4-11(14)7-12(9)16-13(17)8-18-10(2)5-6-15/h3-4,7,10H,5-6,8,15H2,1-2H3,(H,16,17). The molecule has 0 bridgehead atoms. The van der Waals surface area contributed by atoms with Crippen LogP contribution >= 0.6 is 23.4 Å². The van der Waals surface area contributed by atoms with Crippen LogP contribution in [0.15, 0.2) is 18.2 Å². The van der Waals surface area contributed by atoms with Crippen LogP contribution in [0.4, 0.5) is 5.69 Å². The van der Waals surface area contributed by atoms with Crippen LogP contribution in [0.1, 0.15) is 18.9 Å². The molecule has 0 heterocycles. The highest BCUT2D eigenvalue weighted by Crippen LogP contribution is 2.21. The molecule has 0 spiro atoms. The maximum Gasteiger partial charge on any atom is 0.234 e. The fraction of sp³-hybridized carbons (Fsp3) is 0.462. The highest BCUT2D eigenvalue weighted by atomic mass is 35.5. The van der Waals surface area contributed by atoms with Gasteiger partial charge in [0, 0.05) is 16.0 Å². The summed E-state index contributed by atoms with van der Waals surface area (Å²) in [5.74, 6) is 0.432. The number of thioether (sulfide) groups is 1. The summed E-state index contributed by atoms with van der Waals surface area (Å²) in [6.45, 7) is 4.68.